The van der Waals surface area contributed by atoms with Gasteiger partial charge >= 0.3 is 5.97 Å². The molecular weight excluding hydrogens is 468 g/mol. The Morgan fingerprint density at radius 2 is 1.72 bits per heavy atom. The lowest BCUT2D eigenvalue weighted by Gasteiger charge is -2.26. The summed E-state index contributed by atoms with van der Waals surface area (Å²) in [4.78, 5) is 26.0. The molecule has 0 bridgehead atoms. The molecule has 2 aliphatic rings. The highest BCUT2D eigenvalue weighted by Gasteiger charge is 2.34. The van der Waals surface area contributed by atoms with E-state index in [0.717, 1.165) is 5.56 Å². The van der Waals surface area contributed by atoms with Crippen molar-refractivity contribution in [3.63, 3.8) is 0 Å². The summed E-state index contributed by atoms with van der Waals surface area (Å²) in [6, 6.07) is 11.7. The van der Waals surface area contributed by atoms with Crippen molar-refractivity contribution in [3.05, 3.63) is 70.1 Å². The van der Waals surface area contributed by atoms with Gasteiger partial charge in [0.15, 0.2) is 23.0 Å². The quantitative estimate of drug-likeness (QED) is 0.331. The largest absolute Gasteiger partial charge is 0.507 e. The first kappa shape index (κ1) is 21.8. The second-order valence-electron chi connectivity index (χ2n) is 8.40. The first-order valence-electron chi connectivity index (χ1n) is 11.1. The number of aromatic hydroxyl groups is 1. The number of fused-ring (bicyclic) bond motifs is 4. The van der Waals surface area contributed by atoms with Crippen LogP contribution < -0.4 is 29.1 Å². The highest BCUT2D eigenvalue weighted by atomic mass is 16.7. The summed E-state index contributed by atoms with van der Waals surface area (Å²) in [5.74, 6) is 0.963. The summed E-state index contributed by atoms with van der Waals surface area (Å²) in [7, 11) is 3.02. The number of ether oxygens (including phenoxy) is 5. The Labute approximate surface area is 204 Å². The SMILES string of the molecule is COc1ccc(-c2coc3c4c(cc(O)c3c2=O)OC(=O)C[C@@H]4c2ccc3c(c2)OCO3)cc1OC. The van der Waals surface area contributed by atoms with Crippen molar-refractivity contribution in [2.24, 2.45) is 0 Å². The second-order valence-corrected chi connectivity index (χ2v) is 8.40. The number of rotatable bonds is 4. The highest BCUT2D eigenvalue weighted by molar-refractivity contribution is 5.94. The van der Waals surface area contributed by atoms with Crippen LogP contribution in [0.5, 0.6) is 34.5 Å². The van der Waals surface area contributed by atoms with Crippen molar-refractivity contribution >= 4 is 16.9 Å². The fourth-order valence-electron chi connectivity index (χ4n) is 4.75. The van der Waals surface area contributed by atoms with E-state index in [1.165, 1.54) is 26.5 Å². The molecule has 0 saturated carbocycles. The fraction of sp³-hybridized carbons (Fsp3) is 0.185. The van der Waals surface area contributed by atoms with Crippen molar-refractivity contribution in [3.8, 4) is 45.6 Å². The second kappa shape index (κ2) is 8.23. The third kappa shape index (κ3) is 3.31. The standard InChI is InChI=1S/C27H20O9/c1-31-18-5-3-14(7-20(18)32-2)16-11-33-27-24-15(13-4-6-19-21(8-13)35-12-34-19)9-23(29)36-22(24)10-17(28)25(27)26(16)30/h3-8,10-11,15,28H,9,12H2,1-2H3/t15-/m1/s1. The number of methoxy groups -OCH3 is 2. The van der Waals surface area contributed by atoms with Crippen LogP contribution >= 0.6 is 0 Å². The Morgan fingerprint density at radius 1 is 0.917 bits per heavy atom. The number of benzene rings is 3. The molecule has 0 spiro atoms. The molecule has 0 radical (unpaired) electrons. The molecule has 1 atom stereocenters. The molecule has 2 aliphatic heterocycles. The monoisotopic (exact) mass is 488 g/mol. The molecule has 0 saturated heterocycles. The van der Waals surface area contributed by atoms with E-state index in [0.29, 0.717) is 34.1 Å². The zero-order valence-corrected chi connectivity index (χ0v) is 19.3. The van der Waals surface area contributed by atoms with Gasteiger partial charge in [0.25, 0.3) is 0 Å². The maximum Gasteiger partial charge on any atom is 0.312 e. The Hall–Kier alpha value is -4.66. The molecule has 9 heteroatoms. The predicted molar refractivity (Wildman–Crippen MR) is 127 cm³/mol. The average molecular weight is 488 g/mol. The van der Waals surface area contributed by atoms with E-state index in [1.54, 1.807) is 30.3 Å². The highest BCUT2D eigenvalue weighted by Crippen LogP contribution is 2.47. The molecule has 4 aromatic rings. The van der Waals surface area contributed by atoms with E-state index >= 15 is 0 Å². The summed E-state index contributed by atoms with van der Waals surface area (Å²) < 4.78 is 32.9. The minimum atomic E-state index is -0.492. The molecule has 36 heavy (non-hydrogen) atoms. The molecule has 182 valence electrons. The lowest BCUT2D eigenvalue weighted by atomic mass is 9.84. The van der Waals surface area contributed by atoms with Crippen LogP contribution in [0, 0.1) is 0 Å². The number of esters is 1. The minimum absolute atomic E-state index is 0.00951. The summed E-state index contributed by atoms with van der Waals surface area (Å²) in [5.41, 5.74) is 1.72. The van der Waals surface area contributed by atoms with Crippen molar-refractivity contribution in [1.82, 2.24) is 0 Å². The topological polar surface area (TPSA) is 114 Å². The summed E-state index contributed by atoms with van der Waals surface area (Å²) in [6.07, 6.45) is 1.35. The molecule has 1 aromatic heterocycles. The zero-order chi connectivity index (χ0) is 25.0. The molecule has 0 unspecified atom stereocenters. The van der Waals surface area contributed by atoms with Gasteiger partial charge in [-0.2, -0.15) is 0 Å². The molecule has 0 fully saturated rings. The van der Waals surface area contributed by atoms with Crippen LogP contribution in [0.25, 0.3) is 22.1 Å². The molecular formula is C27H20O9. The van der Waals surface area contributed by atoms with Gasteiger partial charge in [0.05, 0.1) is 26.2 Å². The van der Waals surface area contributed by atoms with Crippen LogP contribution in [0.1, 0.15) is 23.5 Å². The fourth-order valence-corrected chi connectivity index (χ4v) is 4.75. The van der Waals surface area contributed by atoms with E-state index in [-0.39, 0.29) is 41.2 Å². The van der Waals surface area contributed by atoms with Gasteiger partial charge in [-0.25, -0.2) is 0 Å². The molecule has 6 rings (SSSR count). The molecule has 0 amide bonds. The Bertz CT molecular complexity index is 1600. The summed E-state index contributed by atoms with van der Waals surface area (Å²) >= 11 is 0. The van der Waals surface area contributed by atoms with Gasteiger partial charge in [0, 0.05) is 17.5 Å². The van der Waals surface area contributed by atoms with Gasteiger partial charge in [-0.1, -0.05) is 12.1 Å². The number of phenols is 1. The normalized spacial score (nSPS) is 15.9. The smallest absolute Gasteiger partial charge is 0.312 e. The van der Waals surface area contributed by atoms with Crippen LogP contribution in [0.15, 0.2) is 57.9 Å². The first-order chi connectivity index (χ1) is 17.5. The van der Waals surface area contributed by atoms with Gasteiger partial charge in [-0.15, -0.1) is 0 Å². The molecule has 3 heterocycles. The lowest BCUT2D eigenvalue weighted by molar-refractivity contribution is -0.135. The van der Waals surface area contributed by atoms with Crippen LogP contribution in [0.3, 0.4) is 0 Å². The van der Waals surface area contributed by atoms with Crippen LogP contribution in [0.2, 0.25) is 0 Å². The zero-order valence-electron chi connectivity index (χ0n) is 19.3. The average Bonchev–Trinajstić information content (AvgIpc) is 3.35. The van der Waals surface area contributed by atoms with Gasteiger partial charge in [-0.3, -0.25) is 9.59 Å². The van der Waals surface area contributed by atoms with E-state index in [2.05, 4.69) is 0 Å². The predicted octanol–water partition coefficient (Wildman–Crippen LogP) is 4.35. The maximum absolute atomic E-state index is 13.6. The first-order valence-corrected chi connectivity index (χ1v) is 11.1. The Kier molecular flexibility index (Phi) is 4.99. The van der Waals surface area contributed by atoms with E-state index < -0.39 is 17.3 Å². The number of hydrogen-bond acceptors (Lipinski definition) is 9. The Morgan fingerprint density at radius 3 is 2.53 bits per heavy atom. The van der Waals surface area contributed by atoms with E-state index in [9.17, 15) is 14.7 Å². The number of carbonyl (C=O) groups excluding carboxylic acids is 1. The van der Waals surface area contributed by atoms with Gasteiger partial charge in [0.1, 0.15) is 28.7 Å². The number of phenolic OH excluding ortho intramolecular Hbond substituents is 1. The van der Waals surface area contributed by atoms with E-state index in [4.69, 9.17) is 28.1 Å². The third-order valence-electron chi connectivity index (χ3n) is 6.46. The van der Waals surface area contributed by atoms with Crippen molar-refractivity contribution in [2.75, 3.05) is 21.0 Å². The van der Waals surface area contributed by atoms with Gasteiger partial charge in [-0.05, 0) is 35.4 Å². The van der Waals surface area contributed by atoms with Crippen molar-refractivity contribution in [2.45, 2.75) is 12.3 Å². The van der Waals surface area contributed by atoms with Crippen LogP contribution in [-0.2, 0) is 4.79 Å². The molecule has 9 nitrogen and oxygen atoms in total. The molecule has 0 aliphatic carbocycles. The van der Waals surface area contributed by atoms with E-state index in [1.807, 2.05) is 6.07 Å². The summed E-state index contributed by atoms with van der Waals surface area (Å²) in [6.45, 7) is 0.118. The van der Waals surface area contributed by atoms with Crippen LogP contribution in [-0.4, -0.2) is 32.1 Å². The number of hydrogen-bond donors (Lipinski definition) is 1. The van der Waals surface area contributed by atoms with Crippen molar-refractivity contribution < 1.29 is 38.0 Å². The summed E-state index contributed by atoms with van der Waals surface area (Å²) in [5, 5.41) is 10.8. The number of carbonyl (C=O) groups is 1. The third-order valence-corrected chi connectivity index (χ3v) is 6.46. The van der Waals surface area contributed by atoms with Crippen LogP contribution in [0.4, 0.5) is 0 Å². The van der Waals surface area contributed by atoms with Gasteiger partial charge in [0.2, 0.25) is 12.2 Å². The lowest BCUT2D eigenvalue weighted by Crippen LogP contribution is -2.22. The van der Waals surface area contributed by atoms with Gasteiger partial charge < -0.3 is 33.2 Å². The maximum atomic E-state index is 13.6. The van der Waals surface area contributed by atoms with Crippen molar-refractivity contribution in [1.29, 1.82) is 0 Å². The minimum Gasteiger partial charge on any atom is -0.507 e. The molecule has 3 aromatic carbocycles. The Balaban J connectivity index is 1.55. The molecule has 1 N–H and O–H groups in total.